The van der Waals surface area contributed by atoms with Crippen LogP contribution in [-0.2, 0) is 6.42 Å². The predicted molar refractivity (Wildman–Crippen MR) is 67.0 cm³/mol. The molecule has 0 amide bonds. The van der Waals surface area contributed by atoms with Gasteiger partial charge in [-0.1, -0.05) is 25.5 Å². The minimum absolute atomic E-state index is 0.401. The van der Waals surface area contributed by atoms with Gasteiger partial charge in [-0.25, -0.2) is 9.97 Å². The van der Waals surface area contributed by atoms with Crippen molar-refractivity contribution in [2.45, 2.75) is 19.8 Å². The zero-order valence-corrected chi connectivity index (χ0v) is 9.76. The molecule has 0 radical (unpaired) electrons. The Morgan fingerprint density at radius 2 is 1.94 bits per heavy atom. The van der Waals surface area contributed by atoms with Gasteiger partial charge in [-0.05, 0) is 24.1 Å². The molecule has 0 bridgehead atoms. The molecule has 1 heterocycles. The van der Waals surface area contributed by atoms with Gasteiger partial charge < -0.3 is 10.5 Å². The first-order chi connectivity index (χ1) is 8.28. The number of anilines is 1. The Morgan fingerprint density at radius 3 is 2.59 bits per heavy atom. The van der Waals surface area contributed by atoms with E-state index in [9.17, 15) is 0 Å². The van der Waals surface area contributed by atoms with E-state index in [-0.39, 0.29) is 0 Å². The van der Waals surface area contributed by atoms with E-state index in [4.69, 9.17) is 10.5 Å². The molecular formula is C13H15N3O. The maximum atomic E-state index is 5.56. The molecule has 4 heteroatoms. The van der Waals surface area contributed by atoms with Gasteiger partial charge in [0.25, 0.3) is 0 Å². The lowest BCUT2D eigenvalue weighted by Crippen LogP contribution is -1.93. The van der Waals surface area contributed by atoms with Crippen molar-refractivity contribution in [2.75, 3.05) is 5.73 Å². The number of hydrogen-bond acceptors (Lipinski definition) is 4. The van der Waals surface area contributed by atoms with E-state index >= 15 is 0 Å². The minimum Gasteiger partial charge on any atom is -0.439 e. The van der Waals surface area contributed by atoms with Gasteiger partial charge in [0, 0.05) is 6.07 Å². The van der Waals surface area contributed by atoms with Crippen LogP contribution in [0, 0.1) is 0 Å². The minimum atomic E-state index is 0.401. The highest BCUT2D eigenvalue weighted by Gasteiger charge is 1.99. The molecule has 0 atom stereocenters. The fourth-order valence-electron chi connectivity index (χ4n) is 1.54. The van der Waals surface area contributed by atoms with Crippen LogP contribution >= 0.6 is 0 Å². The fourth-order valence-corrected chi connectivity index (χ4v) is 1.54. The third-order valence-corrected chi connectivity index (χ3v) is 2.35. The van der Waals surface area contributed by atoms with E-state index in [0.717, 1.165) is 18.6 Å². The van der Waals surface area contributed by atoms with Crippen LogP contribution < -0.4 is 10.5 Å². The topological polar surface area (TPSA) is 61.0 Å². The van der Waals surface area contributed by atoms with Crippen molar-refractivity contribution in [1.82, 2.24) is 9.97 Å². The lowest BCUT2D eigenvalue weighted by atomic mass is 10.1. The van der Waals surface area contributed by atoms with Crippen LogP contribution in [0.4, 0.5) is 5.82 Å². The van der Waals surface area contributed by atoms with E-state index in [0.29, 0.717) is 11.7 Å². The molecule has 4 nitrogen and oxygen atoms in total. The summed E-state index contributed by atoms with van der Waals surface area (Å²) in [7, 11) is 0. The Morgan fingerprint density at radius 1 is 1.18 bits per heavy atom. The van der Waals surface area contributed by atoms with Crippen molar-refractivity contribution in [3.8, 4) is 11.6 Å². The number of benzene rings is 1. The number of hydrogen-bond donors (Lipinski definition) is 1. The maximum Gasteiger partial charge on any atom is 0.224 e. The highest BCUT2D eigenvalue weighted by atomic mass is 16.5. The summed E-state index contributed by atoms with van der Waals surface area (Å²) in [6.07, 6.45) is 3.61. The van der Waals surface area contributed by atoms with Crippen LogP contribution in [0.25, 0.3) is 0 Å². The van der Waals surface area contributed by atoms with Crippen molar-refractivity contribution >= 4 is 5.82 Å². The fraction of sp³-hybridized carbons (Fsp3) is 0.231. The summed E-state index contributed by atoms with van der Waals surface area (Å²) in [6.45, 7) is 2.16. The van der Waals surface area contributed by atoms with Gasteiger partial charge in [0.15, 0.2) is 0 Å². The molecule has 0 saturated carbocycles. The van der Waals surface area contributed by atoms with Gasteiger partial charge in [0.1, 0.15) is 17.9 Å². The molecule has 0 unspecified atom stereocenters. The van der Waals surface area contributed by atoms with E-state index in [1.165, 1.54) is 11.9 Å². The number of aromatic nitrogens is 2. The van der Waals surface area contributed by atoms with E-state index < -0.39 is 0 Å². The quantitative estimate of drug-likeness (QED) is 0.875. The smallest absolute Gasteiger partial charge is 0.224 e. The lowest BCUT2D eigenvalue weighted by Gasteiger charge is -2.05. The van der Waals surface area contributed by atoms with E-state index in [1.54, 1.807) is 6.07 Å². The summed E-state index contributed by atoms with van der Waals surface area (Å²) in [6, 6.07) is 9.58. The van der Waals surface area contributed by atoms with Crippen LogP contribution in [0.1, 0.15) is 18.9 Å². The average molecular weight is 229 g/mol. The molecule has 17 heavy (non-hydrogen) atoms. The monoisotopic (exact) mass is 229 g/mol. The predicted octanol–water partition coefficient (Wildman–Crippen LogP) is 2.80. The zero-order valence-electron chi connectivity index (χ0n) is 9.76. The summed E-state index contributed by atoms with van der Waals surface area (Å²) < 4.78 is 5.56. The van der Waals surface area contributed by atoms with E-state index in [1.807, 2.05) is 12.1 Å². The molecule has 0 aliphatic carbocycles. The molecule has 0 aliphatic heterocycles. The summed E-state index contributed by atoms with van der Waals surface area (Å²) >= 11 is 0. The second kappa shape index (κ2) is 5.30. The first-order valence-electron chi connectivity index (χ1n) is 5.62. The largest absolute Gasteiger partial charge is 0.439 e. The molecule has 1 aromatic heterocycles. The molecule has 0 aliphatic rings. The number of nitrogens with zero attached hydrogens (tertiary/aromatic N) is 2. The van der Waals surface area contributed by atoms with Crippen LogP contribution in [0.15, 0.2) is 36.7 Å². The van der Waals surface area contributed by atoms with Crippen LogP contribution in [0.5, 0.6) is 11.6 Å². The van der Waals surface area contributed by atoms with Gasteiger partial charge in [-0.15, -0.1) is 0 Å². The summed E-state index contributed by atoms with van der Waals surface area (Å²) in [5.41, 5.74) is 6.85. The van der Waals surface area contributed by atoms with Crippen LogP contribution in [0.2, 0.25) is 0 Å². The summed E-state index contributed by atoms with van der Waals surface area (Å²) in [5.74, 6) is 1.61. The van der Waals surface area contributed by atoms with Gasteiger partial charge in [-0.3, -0.25) is 0 Å². The average Bonchev–Trinajstić information content (AvgIpc) is 2.32. The number of nitrogen functional groups attached to an aromatic ring is 1. The second-order valence-corrected chi connectivity index (χ2v) is 3.78. The third kappa shape index (κ3) is 3.17. The Hall–Kier alpha value is -2.10. The first kappa shape index (κ1) is 11.4. The molecule has 88 valence electrons. The Balaban J connectivity index is 2.08. The SMILES string of the molecule is CCCc1ccc(Oc2cc(N)ncn2)cc1. The van der Waals surface area contributed by atoms with Gasteiger partial charge >= 0.3 is 0 Å². The number of rotatable bonds is 4. The normalized spacial score (nSPS) is 10.2. The molecular weight excluding hydrogens is 214 g/mol. The summed E-state index contributed by atoms with van der Waals surface area (Å²) in [4.78, 5) is 7.79. The highest BCUT2D eigenvalue weighted by Crippen LogP contribution is 2.20. The molecule has 2 aromatic rings. The zero-order chi connectivity index (χ0) is 12.1. The maximum absolute atomic E-state index is 5.56. The molecule has 2 N–H and O–H groups in total. The van der Waals surface area contributed by atoms with Crippen LogP contribution in [0.3, 0.4) is 0 Å². The Bertz CT molecular complexity index is 482. The van der Waals surface area contributed by atoms with Crippen molar-refractivity contribution in [1.29, 1.82) is 0 Å². The van der Waals surface area contributed by atoms with E-state index in [2.05, 4.69) is 29.0 Å². The molecule has 2 rings (SSSR count). The first-order valence-corrected chi connectivity index (χ1v) is 5.62. The Labute approximate surface area is 100 Å². The van der Waals surface area contributed by atoms with Crippen LogP contribution in [-0.4, -0.2) is 9.97 Å². The van der Waals surface area contributed by atoms with Gasteiger partial charge in [0.05, 0.1) is 0 Å². The number of aryl methyl sites for hydroxylation is 1. The van der Waals surface area contributed by atoms with Crippen molar-refractivity contribution < 1.29 is 4.74 Å². The Kier molecular flexibility index (Phi) is 3.55. The van der Waals surface area contributed by atoms with Crippen molar-refractivity contribution in [3.05, 3.63) is 42.2 Å². The lowest BCUT2D eigenvalue weighted by molar-refractivity contribution is 0.462. The summed E-state index contributed by atoms with van der Waals surface area (Å²) in [5, 5.41) is 0. The molecule has 0 fully saturated rings. The number of nitrogens with two attached hydrogens (primary N) is 1. The highest BCUT2D eigenvalue weighted by molar-refractivity contribution is 5.35. The molecule has 0 saturated heterocycles. The molecule has 1 aromatic carbocycles. The van der Waals surface area contributed by atoms with Gasteiger partial charge in [-0.2, -0.15) is 0 Å². The second-order valence-electron chi connectivity index (χ2n) is 3.78. The number of ether oxygens (including phenoxy) is 1. The third-order valence-electron chi connectivity index (χ3n) is 2.35. The van der Waals surface area contributed by atoms with Crippen molar-refractivity contribution in [2.24, 2.45) is 0 Å². The standard InChI is InChI=1S/C13H15N3O/c1-2-3-10-4-6-11(7-5-10)17-13-8-12(14)15-9-16-13/h4-9H,2-3H2,1H3,(H2,14,15,16). The van der Waals surface area contributed by atoms with Gasteiger partial charge in [0.2, 0.25) is 5.88 Å². The van der Waals surface area contributed by atoms with Crippen molar-refractivity contribution in [3.63, 3.8) is 0 Å². The molecule has 0 spiro atoms.